The maximum atomic E-state index is 13.5. The zero-order chi connectivity index (χ0) is 27.5. The Kier molecular flexibility index (Phi) is 8.14. The summed E-state index contributed by atoms with van der Waals surface area (Å²) in [7, 11) is 2.18. The molecule has 40 heavy (non-hydrogen) atoms. The number of hydrogen-bond acceptors (Lipinski definition) is 6. The largest absolute Gasteiger partial charge is 0.494 e. The van der Waals surface area contributed by atoms with E-state index in [4.69, 9.17) is 21.1 Å². The van der Waals surface area contributed by atoms with E-state index in [1.165, 1.54) is 5.57 Å². The van der Waals surface area contributed by atoms with Crippen molar-refractivity contribution in [2.75, 3.05) is 52.9 Å². The number of nitrogens with zero attached hydrogens (tertiary/aromatic N) is 3. The van der Waals surface area contributed by atoms with E-state index < -0.39 is 0 Å². The van der Waals surface area contributed by atoms with Crippen molar-refractivity contribution in [3.8, 4) is 11.5 Å². The molecule has 0 aromatic heterocycles. The Morgan fingerprint density at radius 1 is 1.00 bits per heavy atom. The molecule has 210 valence electrons. The minimum Gasteiger partial charge on any atom is -0.494 e. The maximum Gasteiger partial charge on any atom is 0.416 e. The molecular weight excluding hydrogens is 524 g/mol. The van der Waals surface area contributed by atoms with Gasteiger partial charge in [-0.15, -0.1) is 0 Å². The molecule has 3 aliphatic heterocycles. The number of piperazine rings is 1. The smallest absolute Gasteiger partial charge is 0.416 e. The van der Waals surface area contributed by atoms with Gasteiger partial charge >= 0.3 is 6.09 Å². The number of likely N-dealkylation sites (N-methyl/N-ethyl adjacent to an activating group) is 1. The quantitative estimate of drug-likeness (QED) is 0.471. The molecule has 8 heteroatoms. The number of fused-ring (bicyclic) bond motifs is 2. The summed E-state index contributed by atoms with van der Waals surface area (Å²) in [6.45, 7) is 6.83. The van der Waals surface area contributed by atoms with Crippen LogP contribution in [-0.2, 0) is 0 Å². The van der Waals surface area contributed by atoms with Crippen molar-refractivity contribution < 1.29 is 14.3 Å². The van der Waals surface area contributed by atoms with Gasteiger partial charge < -0.3 is 24.6 Å². The van der Waals surface area contributed by atoms with E-state index in [-0.39, 0.29) is 24.1 Å². The average molecular weight is 561 g/mol. The number of nitrogens with one attached hydrogen (secondary N) is 1. The molecular formula is C32H37ClN4O3. The number of carbonyl (C=O) groups is 1. The lowest BCUT2D eigenvalue weighted by atomic mass is 9.85. The van der Waals surface area contributed by atoms with E-state index in [2.05, 4.69) is 46.4 Å². The number of benzene rings is 2. The Morgan fingerprint density at radius 3 is 2.55 bits per heavy atom. The first-order chi connectivity index (χ1) is 19.5. The van der Waals surface area contributed by atoms with E-state index in [1.54, 1.807) is 12.1 Å². The molecule has 1 amide bonds. The van der Waals surface area contributed by atoms with Gasteiger partial charge in [-0.2, -0.15) is 0 Å². The van der Waals surface area contributed by atoms with Crippen LogP contribution in [0.15, 0.2) is 89.1 Å². The van der Waals surface area contributed by atoms with Gasteiger partial charge in [0.15, 0.2) is 0 Å². The first kappa shape index (κ1) is 26.9. The second kappa shape index (κ2) is 12.1. The van der Waals surface area contributed by atoms with Crippen LogP contribution in [0.2, 0.25) is 0 Å². The highest BCUT2D eigenvalue weighted by molar-refractivity contribution is 6.31. The van der Waals surface area contributed by atoms with Gasteiger partial charge in [0.25, 0.3) is 0 Å². The standard InChI is InChI=1S/C32H37ClN4O3/c1-35-17-19-36(20-18-35)15-5-21-39-25-11-8-23(9-12-25)31-30-27(28-22-24(33)10-13-29(28)34-30)14-16-37(31)32(38)40-26-6-3-2-4-7-26/h2-4,6-13,22,28-29,31,34H,5,14-21H2,1H3. The summed E-state index contributed by atoms with van der Waals surface area (Å²) in [4.78, 5) is 20.2. The summed E-state index contributed by atoms with van der Waals surface area (Å²) in [6.07, 6.45) is 7.60. The van der Waals surface area contributed by atoms with Crippen LogP contribution in [-0.4, -0.2) is 79.8 Å². The Balaban J connectivity index is 1.17. The number of hydrogen-bond donors (Lipinski definition) is 1. The molecule has 7 nitrogen and oxygen atoms in total. The molecule has 1 N–H and O–H groups in total. The molecule has 1 aliphatic carbocycles. The van der Waals surface area contributed by atoms with Crippen molar-refractivity contribution in [1.82, 2.24) is 20.0 Å². The predicted molar refractivity (Wildman–Crippen MR) is 158 cm³/mol. The fourth-order valence-corrected chi connectivity index (χ4v) is 6.33. The average Bonchev–Trinajstić information content (AvgIpc) is 3.34. The number of para-hydroxylation sites is 1. The van der Waals surface area contributed by atoms with E-state index >= 15 is 0 Å². The minimum absolute atomic E-state index is 0.142. The summed E-state index contributed by atoms with van der Waals surface area (Å²) in [5.74, 6) is 1.58. The highest BCUT2D eigenvalue weighted by Gasteiger charge is 2.43. The topological polar surface area (TPSA) is 57.3 Å². The first-order valence-corrected chi connectivity index (χ1v) is 14.6. The highest BCUT2D eigenvalue weighted by Crippen LogP contribution is 2.45. The van der Waals surface area contributed by atoms with Gasteiger partial charge in [-0.25, -0.2) is 4.79 Å². The molecule has 3 unspecified atom stereocenters. The monoisotopic (exact) mass is 560 g/mol. The summed E-state index contributed by atoms with van der Waals surface area (Å²) in [6, 6.07) is 17.3. The molecule has 4 aliphatic rings. The first-order valence-electron chi connectivity index (χ1n) is 14.3. The molecule has 0 saturated carbocycles. The fraction of sp³-hybridized carbons (Fsp3) is 0.406. The predicted octanol–water partition coefficient (Wildman–Crippen LogP) is 5.18. The van der Waals surface area contributed by atoms with Gasteiger partial charge in [-0.05, 0) is 61.4 Å². The third-order valence-corrected chi connectivity index (χ3v) is 8.58. The third-order valence-electron chi connectivity index (χ3n) is 8.33. The van der Waals surface area contributed by atoms with E-state index in [0.717, 1.165) is 67.6 Å². The van der Waals surface area contributed by atoms with E-state index in [0.29, 0.717) is 18.9 Å². The van der Waals surface area contributed by atoms with Crippen molar-refractivity contribution in [3.63, 3.8) is 0 Å². The van der Waals surface area contributed by atoms with Gasteiger partial charge in [0.2, 0.25) is 0 Å². The van der Waals surface area contributed by atoms with Gasteiger partial charge in [0.1, 0.15) is 17.5 Å². The Labute approximate surface area is 241 Å². The molecule has 0 radical (unpaired) electrons. The number of halogens is 1. The van der Waals surface area contributed by atoms with Gasteiger partial charge in [0.05, 0.1) is 12.6 Å². The van der Waals surface area contributed by atoms with Gasteiger partial charge in [-0.1, -0.05) is 54.1 Å². The normalized spacial score (nSPS) is 24.7. The van der Waals surface area contributed by atoms with Crippen LogP contribution in [0.25, 0.3) is 0 Å². The molecule has 3 atom stereocenters. The third kappa shape index (κ3) is 5.92. The number of ether oxygens (including phenoxy) is 2. The van der Waals surface area contributed by atoms with Crippen molar-refractivity contribution in [1.29, 1.82) is 0 Å². The van der Waals surface area contributed by atoms with Crippen molar-refractivity contribution >= 4 is 17.7 Å². The number of carbonyl (C=O) groups excluding carboxylic acids is 1. The fourth-order valence-electron chi connectivity index (χ4n) is 6.12. The van der Waals surface area contributed by atoms with Crippen LogP contribution in [0.3, 0.4) is 0 Å². The SMILES string of the molecule is CN1CCN(CCCOc2ccc(C3C4=C(CCN3C(=O)Oc3ccccc3)C3C=C(Cl)C=CC3N4)cc2)CC1. The zero-order valence-electron chi connectivity index (χ0n) is 23.0. The van der Waals surface area contributed by atoms with Crippen LogP contribution in [0, 0.1) is 5.92 Å². The highest BCUT2D eigenvalue weighted by atomic mass is 35.5. The zero-order valence-corrected chi connectivity index (χ0v) is 23.7. The van der Waals surface area contributed by atoms with Crippen LogP contribution >= 0.6 is 11.6 Å². The summed E-state index contributed by atoms with van der Waals surface area (Å²) >= 11 is 6.38. The number of amides is 1. The lowest BCUT2D eigenvalue weighted by Gasteiger charge is -2.37. The Bertz CT molecular complexity index is 1280. The molecule has 0 bridgehead atoms. The number of allylic oxidation sites excluding steroid dienone is 2. The molecule has 2 aromatic rings. The van der Waals surface area contributed by atoms with Crippen LogP contribution in [0.5, 0.6) is 11.5 Å². The number of rotatable bonds is 7. The second-order valence-corrected chi connectivity index (χ2v) is 11.4. The summed E-state index contributed by atoms with van der Waals surface area (Å²) in [5.41, 5.74) is 3.40. The summed E-state index contributed by atoms with van der Waals surface area (Å²) < 4.78 is 11.9. The molecule has 2 aromatic carbocycles. The van der Waals surface area contributed by atoms with Crippen molar-refractivity contribution in [2.24, 2.45) is 5.92 Å². The minimum atomic E-state index is -0.354. The van der Waals surface area contributed by atoms with Crippen LogP contribution < -0.4 is 14.8 Å². The van der Waals surface area contributed by atoms with Crippen molar-refractivity contribution in [2.45, 2.75) is 24.9 Å². The lowest BCUT2D eigenvalue weighted by molar-refractivity contribution is 0.134. The Morgan fingerprint density at radius 2 is 1.77 bits per heavy atom. The maximum absolute atomic E-state index is 13.5. The van der Waals surface area contributed by atoms with Crippen LogP contribution in [0.1, 0.15) is 24.4 Å². The molecule has 3 heterocycles. The van der Waals surface area contributed by atoms with E-state index in [9.17, 15) is 4.79 Å². The lowest BCUT2D eigenvalue weighted by Crippen LogP contribution is -2.44. The molecule has 0 spiro atoms. The summed E-state index contributed by atoms with van der Waals surface area (Å²) in [5, 5.41) is 4.46. The molecule has 1 saturated heterocycles. The van der Waals surface area contributed by atoms with E-state index in [1.807, 2.05) is 41.3 Å². The van der Waals surface area contributed by atoms with Crippen LogP contribution in [0.4, 0.5) is 4.79 Å². The molecule has 6 rings (SSSR count). The molecule has 1 fully saturated rings. The Hall–Kier alpha value is -3.26. The van der Waals surface area contributed by atoms with Crippen molar-refractivity contribution in [3.05, 3.63) is 94.7 Å². The second-order valence-electron chi connectivity index (χ2n) is 11.0. The van der Waals surface area contributed by atoms with Gasteiger partial charge in [-0.3, -0.25) is 4.90 Å². The van der Waals surface area contributed by atoms with Gasteiger partial charge in [0, 0.05) is 55.9 Å².